The van der Waals surface area contributed by atoms with Gasteiger partial charge in [0.1, 0.15) is 0 Å². The van der Waals surface area contributed by atoms with E-state index in [1.54, 1.807) is 0 Å². The van der Waals surface area contributed by atoms with Gasteiger partial charge in [-0.2, -0.15) is 0 Å². The number of allylic oxidation sites excluding steroid dienone is 1. The molecule has 1 unspecified atom stereocenters. The summed E-state index contributed by atoms with van der Waals surface area (Å²) in [6.45, 7) is 1.60. The second-order valence-electron chi connectivity index (χ2n) is 3.94. The Labute approximate surface area is 84.5 Å². The summed E-state index contributed by atoms with van der Waals surface area (Å²) in [4.78, 5) is 11.6. The molecule has 0 bridgehead atoms. The molecule has 1 fully saturated rings. The number of hydrogen-bond acceptors (Lipinski definition) is 3. The molecule has 0 amide bonds. The van der Waals surface area contributed by atoms with E-state index in [0.29, 0.717) is 6.61 Å². The zero-order valence-corrected chi connectivity index (χ0v) is 8.42. The van der Waals surface area contributed by atoms with Crippen LogP contribution in [0.1, 0.15) is 32.1 Å². The van der Waals surface area contributed by atoms with E-state index < -0.39 is 0 Å². The average molecular weight is 195 g/mol. The van der Waals surface area contributed by atoms with Crippen molar-refractivity contribution in [2.45, 2.75) is 38.1 Å². The van der Waals surface area contributed by atoms with E-state index in [1.165, 1.54) is 12.8 Å². The minimum absolute atomic E-state index is 0.109. The first kappa shape index (κ1) is 9.71. The number of ether oxygens (including phenoxy) is 1. The number of carbonyl (C=O) groups excluding carboxylic acids is 1. The SMILES string of the molecule is O=C1OCCCC=C1C1CCCCN1. The van der Waals surface area contributed by atoms with Crippen molar-refractivity contribution in [1.82, 2.24) is 5.32 Å². The molecule has 2 aliphatic heterocycles. The molecule has 1 atom stereocenters. The zero-order chi connectivity index (χ0) is 9.80. The fraction of sp³-hybridized carbons (Fsp3) is 0.727. The maximum Gasteiger partial charge on any atom is 0.335 e. The minimum Gasteiger partial charge on any atom is -0.462 e. The number of cyclic esters (lactones) is 1. The highest BCUT2D eigenvalue weighted by Crippen LogP contribution is 2.19. The van der Waals surface area contributed by atoms with Crippen molar-refractivity contribution in [2.24, 2.45) is 0 Å². The van der Waals surface area contributed by atoms with Gasteiger partial charge >= 0.3 is 5.97 Å². The summed E-state index contributed by atoms with van der Waals surface area (Å²) >= 11 is 0. The smallest absolute Gasteiger partial charge is 0.335 e. The number of carbonyl (C=O) groups is 1. The summed E-state index contributed by atoms with van der Waals surface area (Å²) in [5, 5.41) is 3.38. The van der Waals surface area contributed by atoms with Crippen LogP contribution in [0.15, 0.2) is 11.6 Å². The molecule has 0 radical (unpaired) electrons. The molecule has 0 aromatic carbocycles. The fourth-order valence-electron chi connectivity index (χ4n) is 2.07. The van der Waals surface area contributed by atoms with Crippen molar-refractivity contribution in [1.29, 1.82) is 0 Å². The Morgan fingerprint density at radius 3 is 3.07 bits per heavy atom. The van der Waals surface area contributed by atoms with E-state index in [9.17, 15) is 4.79 Å². The van der Waals surface area contributed by atoms with Crippen LogP contribution in [-0.2, 0) is 9.53 Å². The van der Waals surface area contributed by atoms with Crippen LogP contribution in [0.2, 0.25) is 0 Å². The van der Waals surface area contributed by atoms with Gasteiger partial charge in [0.25, 0.3) is 0 Å². The third-order valence-corrected chi connectivity index (χ3v) is 2.87. The van der Waals surface area contributed by atoms with Crippen LogP contribution in [0.5, 0.6) is 0 Å². The molecule has 1 saturated heterocycles. The van der Waals surface area contributed by atoms with E-state index in [1.807, 2.05) is 0 Å². The number of esters is 1. The van der Waals surface area contributed by atoms with Crippen LogP contribution in [-0.4, -0.2) is 25.2 Å². The van der Waals surface area contributed by atoms with Gasteiger partial charge in [0.05, 0.1) is 12.2 Å². The first-order valence-corrected chi connectivity index (χ1v) is 5.48. The largest absolute Gasteiger partial charge is 0.462 e. The molecule has 78 valence electrons. The molecule has 2 aliphatic rings. The molecule has 3 nitrogen and oxygen atoms in total. The van der Waals surface area contributed by atoms with Gasteiger partial charge in [0.15, 0.2) is 0 Å². The molecule has 0 aliphatic carbocycles. The zero-order valence-electron chi connectivity index (χ0n) is 8.42. The Balaban J connectivity index is 2.05. The lowest BCUT2D eigenvalue weighted by Gasteiger charge is -2.24. The molecular formula is C11H17NO2. The monoisotopic (exact) mass is 195 g/mol. The Bertz CT molecular complexity index is 242. The molecule has 0 aromatic rings. The van der Waals surface area contributed by atoms with E-state index in [-0.39, 0.29) is 12.0 Å². The third-order valence-electron chi connectivity index (χ3n) is 2.87. The first-order chi connectivity index (χ1) is 6.88. The topological polar surface area (TPSA) is 38.3 Å². The summed E-state index contributed by atoms with van der Waals surface area (Å²) in [6, 6.07) is 0.245. The molecule has 2 rings (SSSR count). The lowest BCUT2D eigenvalue weighted by Crippen LogP contribution is -2.38. The number of piperidine rings is 1. The molecule has 0 spiro atoms. The summed E-state index contributed by atoms with van der Waals surface area (Å²) < 4.78 is 5.12. The Morgan fingerprint density at radius 1 is 1.36 bits per heavy atom. The van der Waals surface area contributed by atoms with Crippen molar-refractivity contribution < 1.29 is 9.53 Å². The van der Waals surface area contributed by atoms with E-state index in [2.05, 4.69) is 11.4 Å². The van der Waals surface area contributed by atoms with Gasteiger partial charge < -0.3 is 10.1 Å². The molecule has 2 heterocycles. The fourth-order valence-corrected chi connectivity index (χ4v) is 2.07. The summed E-state index contributed by atoms with van der Waals surface area (Å²) in [6.07, 6.45) is 7.49. The molecule has 0 aromatic heterocycles. The van der Waals surface area contributed by atoms with Crippen molar-refractivity contribution in [3.8, 4) is 0 Å². The van der Waals surface area contributed by atoms with Crippen molar-refractivity contribution >= 4 is 5.97 Å². The summed E-state index contributed by atoms with van der Waals surface area (Å²) in [5.74, 6) is -0.109. The highest BCUT2D eigenvalue weighted by molar-refractivity contribution is 5.90. The average Bonchev–Trinajstić information content (AvgIpc) is 2.44. The highest BCUT2D eigenvalue weighted by atomic mass is 16.5. The standard InChI is InChI=1S/C11H17NO2/c13-11-9(5-2-4-8-14-11)10-6-1-3-7-12-10/h5,10,12H,1-4,6-8H2. The molecular weight excluding hydrogens is 178 g/mol. The van der Waals surface area contributed by atoms with Gasteiger partial charge in [-0.1, -0.05) is 12.5 Å². The Kier molecular flexibility index (Phi) is 3.19. The predicted molar refractivity (Wildman–Crippen MR) is 53.9 cm³/mol. The molecule has 0 saturated carbocycles. The van der Waals surface area contributed by atoms with Crippen LogP contribution >= 0.6 is 0 Å². The van der Waals surface area contributed by atoms with Gasteiger partial charge in [0.2, 0.25) is 0 Å². The van der Waals surface area contributed by atoms with E-state index >= 15 is 0 Å². The minimum atomic E-state index is -0.109. The molecule has 3 heteroatoms. The maximum atomic E-state index is 11.6. The van der Waals surface area contributed by atoms with Gasteiger partial charge in [-0.05, 0) is 32.2 Å². The van der Waals surface area contributed by atoms with Crippen molar-refractivity contribution in [2.75, 3.05) is 13.2 Å². The van der Waals surface area contributed by atoms with Crippen LogP contribution in [0.25, 0.3) is 0 Å². The second-order valence-corrected chi connectivity index (χ2v) is 3.94. The number of hydrogen-bond donors (Lipinski definition) is 1. The predicted octanol–water partition coefficient (Wildman–Crippen LogP) is 1.39. The number of nitrogens with one attached hydrogen (secondary N) is 1. The molecule has 1 N–H and O–H groups in total. The van der Waals surface area contributed by atoms with Gasteiger partial charge in [0, 0.05) is 6.04 Å². The Morgan fingerprint density at radius 2 is 2.29 bits per heavy atom. The first-order valence-electron chi connectivity index (χ1n) is 5.48. The van der Waals surface area contributed by atoms with Crippen LogP contribution in [0.3, 0.4) is 0 Å². The normalized spacial score (nSPS) is 29.0. The lowest BCUT2D eigenvalue weighted by molar-refractivity contribution is -0.139. The van der Waals surface area contributed by atoms with E-state index in [4.69, 9.17) is 4.74 Å². The maximum absolute atomic E-state index is 11.6. The van der Waals surface area contributed by atoms with Crippen LogP contribution < -0.4 is 5.32 Å². The van der Waals surface area contributed by atoms with E-state index in [0.717, 1.165) is 31.4 Å². The van der Waals surface area contributed by atoms with Crippen molar-refractivity contribution in [3.63, 3.8) is 0 Å². The highest BCUT2D eigenvalue weighted by Gasteiger charge is 2.24. The third kappa shape index (κ3) is 2.15. The second kappa shape index (κ2) is 4.60. The summed E-state index contributed by atoms with van der Waals surface area (Å²) in [7, 11) is 0. The van der Waals surface area contributed by atoms with Gasteiger partial charge in [-0.3, -0.25) is 0 Å². The van der Waals surface area contributed by atoms with Crippen molar-refractivity contribution in [3.05, 3.63) is 11.6 Å². The van der Waals surface area contributed by atoms with Crippen LogP contribution in [0.4, 0.5) is 0 Å². The number of rotatable bonds is 1. The Hall–Kier alpha value is -0.830. The van der Waals surface area contributed by atoms with Gasteiger partial charge in [-0.15, -0.1) is 0 Å². The van der Waals surface area contributed by atoms with Gasteiger partial charge in [-0.25, -0.2) is 4.79 Å². The van der Waals surface area contributed by atoms with Crippen LogP contribution in [0, 0.1) is 0 Å². The molecule has 14 heavy (non-hydrogen) atoms. The summed E-state index contributed by atoms with van der Waals surface area (Å²) in [5.41, 5.74) is 0.863. The lowest BCUT2D eigenvalue weighted by atomic mass is 9.97. The quantitative estimate of drug-likeness (QED) is 0.643.